The fourth-order valence-corrected chi connectivity index (χ4v) is 6.88. The minimum Gasteiger partial charge on any atom is -0.461 e. The van der Waals surface area contributed by atoms with Crippen LogP contribution in [0, 0.1) is 16.0 Å². The highest BCUT2D eigenvalue weighted by molar-refractivity contribution is 6.18. The predicted octanol–water partition coefficient (Wildman–Crippen LogP) is 5.43. The molecule has 0 bridgehead atoms. The number of nitro groups is 1. The maximum absolute atomic E-state index is 14.6. The summed E-state index contributed by atoms with van der Waals surface area (Å²) < 4.78 is 5.55. The first kappa shape index (κ1) is 24.7. The highest BCUT2D eigenvalue weighted by Crippen LogP contribution is 2.58. The molecule has 1 fully saturated rings. The number of rotatable bonds is 5. The molecule has 0 aliphatic carbocycles. The second-order valence-electron chi connectivity index (χ2n) is 10.5. The third kappa shape index (κ3) is 3.32. The number of furan rings is 1. The topological polar surface area (TPSA) is 123 Å². The number of Topliss-reactive ketones (excluding diaryl/α,β-unsaturated/α-hetero) is 2. The Morgan fingerprint density at radius 3 is 2.41 bits per heavy atom. The molecule has 202 valence electrons. The van der Waals surface area contributed by atoms with Crippen molar-refractivity contribution in [2.24, 2.45) is 5.92 Å². The van der Waals surface area contributed by atoms with Crippen molar-refractivity contribution >= 4 is 40.1 Å². The zero-order valence-corrected chi connectivity index (χ0v) is 21.8. The maximum Gasteiger partial charge on any atom is 0.269 e. The number of para-hydroxylation sites is 2. The SMILES string of the molecule is CC1=CC2N(c3ccccc31)C(C(=O)c1ccc([N+](=O)[O-])cc1)C(C(=O)c1ccco1)C21C(=O)Nc2ccccc21. The van der Waals surface area contributed by atoms with Crippen LogP contribution in [0.1, 0.15) is 39.0 Å². The lowest BCUT2D eigenvalue weighted by Gasteiger charge is -2.39. The normalized spacial score (nSPS) is 23.8. The summed E-state index contributed by atoms with van der Waals surface area (Å²) in [5, 5.41) is 14.3. The highest BCUT2D eigenvalue weighted by Gasteiger charge is 2.70. The third-order valence-corrected chi connectivity index (χ3v) is 8.56. The van der Waals surface area contributed by atoms with Crippen LogP contribution in [0.3, 0.4) is 0 Å². The third-order valence-electron chi connectivity index (χ3n) is 8.56. The number of nitrogens with one attached hydrogen (secondary N) is 1. The fraction of sp³-hybridized carbons (Fsp3) is 0.156. The quantitative estimate of drug-likeness (QED) is 0.201. The summed E-state index contributed by atoms with van der Waals surface area (Å²) in [5.74, 6) is -2.41. The number of nitrogens with zero attached hydrogens (tertiary/aromatic N) is 2. The van der Waals surface area contributed by atoms with E-state index in [-0.39, 0.29) is 22.9 Å². The average molecular weight is 546 g/mol. The number of carbonyl (C=O) groups excluding carboxylic acids is 3. The molecular formula is C32H23N3O6. The maximum atomic E-state index is 14.6. The van der Waals surface area contributed by atoms with Crippen molar-refractivity contribution in [1.29, 1.82) is 0 Å². The average Bonchev–Trinajstić information content (AvgIpc) is 3.70. The summed E-state index contributed by atoms with van der Waals surface area (Å²) in [6.45, 7) is 1.96. The van der Waals surface area contributed by atoms with Gasteiger partial charge in [0.05, 0.1) is 23.1 Å². The predicted molar refractivity (Wildman–Crippen MR) is 151 cm³/mol. The van der Waals surface area contributed by atoms with Crippen LogP contribution in [0.2, 0.25) is 0 Å². The van der Waals surface area contributed by atoms with Crippen molar-refractivity contribution in [3.05, 3.63) is 130 Å². The molecule has 9 nitrogen and oxygen atoms in total. The number of ketones is 2. The molecule has 4 aromatic rings. The summed E-state index contributed by atoms with van der Waals surface area (Å²) in [6.07, 6.45) is 3.35. The Hall–Kier alpha value is -5.31. The smallest absolute Gasteiger partial charge is 0.269 e. The number of amides is 1. The van der Waals surface area contributed by atoms with Crippen molar-refractivity contribution in [3.8, 4) is 0 Å². The summed E-state index contributed by atoms with van der Waals surface area (Å²) in [4.78, 5) is 56.0. The Morgan fingerprint density at radius 2 is 1.68 bits per heavy atom. The van der Waals surface area contributed by atoms with Gasteiger partial charge in [0.15, 0.2) is 11.5 Å². The van der Waals surface area contributed by atoms with Crippen LogP contribution in [0.4, 0.5) is 17.1 Å². The Labute approximate surface area is 234 Å². The van der Waals surface area contributed by atoms with E-state index < -0.39 is 39.9 Å². The van der Waals surface area contributed by atoms with Crippen LogP contribution >= 0.6 is 0 Å². The molecule has 1 saturated heterocycles. The van der Waals surface area contributed by atoms with Crippen molar-refractivity contribution in [1.82, 2.24) is 0 Å². The van der Waals surface area contributed by atoms with Gasteiger partial charge in [-0.25, -0.2) is 0 Å². The molecule has 1 amide bonds. The molecule has 1 spiro atoms. The number of benzene rings is 3. The van der Waals surface area contributed by atoms with Gasteiger partial charge in [0.1, 0.15) is 11.5 Å². The van der Waals surface area contributed by atoms with Gasteiger partial charge in [-0.05, 0) is 54.5 Å². The lowest BCUT2D eigenvalue weighted by Crippen LogP contribution is -2.51. The van der Waals surface area contributed by atoms with Gasteiger partial charge in [0.2, 0.25) is 11.7 Å². The van der Waals surface area contributed by atoms with Gasteiger partial charge in [-0.3, -0.25) is 24.5 Å². The standard InChI is InChI=1S/C32H23N3O6/c1-18-17-26-32(22-8-3-4-9-23(22)33-31(32)38)27(30(37)25-11-6-16-41-25)28(34(26)24-10-5-2-7-21(18)24)29(36)19-12-14-20(15-13-19)35(39)40/h2-17,26-28H,1H3,(H,33,38). The molecule has 1 N–H and O–H groups in total. The fourth-order valence-electron chi connectivity index (χ4n) is 6.88. The Morgan fingerprint density at radius 1 is 0.951 bits per heavy atom. The van der Waals surface area contributed by atoms with E-state index in [1.54, 1.807) is 12.1 Å². The molecule has 4 heterocycles. The molecule has 4 unspecified atom stereocenters. The lowest BCUT2D eigenvalue weighted by molar-refractivity contribution is -0.384. The molecular weight excluding hydrogens is 522 g/mol. The summed E-state index contributed by atoms with van der Waals surface area (Å²) in [7, 11) is 0. The van der Waals surface area contributed by atoms with Gasteiger partial charge < -0.3 is 14.6 Å². The Kier molecular flexibility index (Phi) is 5.34. The molecule has 3 aliphatic rings. The zero-order chi connectivity index (χ0) is 28.5. The molecule has 3 aromatic carbocycles. The number of anilines is 2. The largest absolute Gasteiger partial charge is 0.461 e. The van der Waals surface area contributed by atoms with Crippen LogP contribution in [0.5, 0.6) is 0 Å². The highest BCUT2D eigenvalue weighted by atomic mass is 16.6. The summed E-state index contributed by atoms with van der Waals surface area (Å²) in [5.41, 5.74) is 2.33. The van der Waals surface area contributed by atoms with E-state index in [9.17, 15) is 24.5 Å². The number of hydrogen-bond acceptors (Lipinski definition) is 7. The monoisotopic (exact) mass is 545 g/mol. The van der Waals surface area contributed by atoms with Crippen LogP contribution in [0.15, 0.2) is 102 Å². The van der Waals surface area contributed by atoms with Crippen molar-refractivity contribution < 1.29 is 23.7 Å². The van der Waals surface area contributed by atoms with Gasteiger partial charge >= 0.3 is 0 Å². The minimum absolute atomic E-state index is 0.0434. The number of allylic oxidation sites excluding steroid dienone is 1. The molecule has 7 rings (SSSR count). The van der Waals surface area contributed by atoms with Gasteiger partial charge in [-0.1, -0.05) is 42.5 Å². The van der Waals surface area contributed by atoms with E-state index in [1.165, 1.54) is 36.6 Å². The number of non-ortho nitro benzene ring substituents is 1. The van der Waals surface area contributed by atoms with Crippen LogP contribution in [0.25, 0.3) is 5.57 Å². The first-order chi connectivity index (χ1) is 19.8. The minimum atomic E-state index is -1.46. The van der Waals surface area contributed by atoms with Gasteiger partial charge in [0, 0.05) is 34.6 Å². The van der Waals surface area contributed by atoms with Gasteiger partial charge in [-0.2, -0.15) is 0 Å². The molecule has 1 aromatic heterocycles. The van der Waals surface area contributed by atoms with Gasteiger partial charge in [0.25, 0.3) is 5.69 Å². The van der Waals surface area contributed by atoms with Crippen molar-refractivity contribution in [2.45, 2.75) is 24.4 Å². The first-order valence-electron chi connectivity index (χ1n) is 13.2. The molecule has 3 aliphatic heterocycles. The second kappa shape index (κ2) is 8.85. The number of fused-ring (bicyclic) bond motifs is 6. The van der Waals surface area contributed by atoms with Crippen LogP contribution < -0.4 is 10.2 Å². The van der Waals surface area contributed by atoms with Crippen molar-refractivity contribution in [3.63, 3.8) is 0 Å². The molecule has 4 atom stereocenters. The van der Waals surface area contributed by atoms with Crippen LogP contribution in [-0.2, 0) is 10.2 Å². The van der Waals surface area contributed by atoms with E-state index in [0.29, 0.717) is 11.3 Å². The molecule has 0 saturated carbocycles. The van der Waals surface area contributed by atoms with E-state index in [2.05, 4.69) is 5.32 Å². The number of carbonyl (C=O) groups is 3. The second-order valence-corrected chi connectivity index (χ2v) is 10.5. The van der Waals surface area contributed by atoms with E-state index >= 15 is 0 Å². The van der Waals surface area contributed by atoms with E-state index in [1.807, 2.05) is 60.4 Å². The van der Waals surface area contributed by atoms with E-state index in [4.69, 9.17) is 4.42 Å². The van der Waals surface area contributed by atoms with Crippen molar-refractivity contribution in [2.75, 3.05) is 10.2 Å². The summed E-state index contributed by atoms with van der Waals surface area (Å²) in [6, 6.07) is 21.5. The van der Waals surface area contributed by atoms with Gasteiger partial charge in [-0.15, -0.1) is 0 Å². The number of nitro benzene ring substituents is 1. The first-order valence-corrected chi connectivity index (χ1v) is 13.2. The molecule has 0 radical (unpaired) electrons. The lowest BCUT2D eigenvalue weighted by atomic mass is 9.64. The van der Waals surface area contributed by atoms with Crippen LogP contribution in [-0.4, -0.2) is 34.5 Å². The summed E-state index contributed by atoms with van der Waals surface area (Å²) >= 11 is 0. The van der Waals surface area contributed by atoms with E-state index in [0.717, 1.165) is 16.8 Å². The molecule has 9 heteroatoms. The molecule has 41 heavy (non-hydrogen) atoms. The zero-order valence-electron chi connectivity index (χ0n) is 21.8. The Balaban J connectivity index is 1.53. The number of hydrogen-bond donors (Lipinski definition) is 1. The Bertz CT molecular complexity index is 1790.